The lowest BCUT2D eigenvalue weighted by molar-refractivity contribution is -0.132. The first-order chi connectivity index (χ1) is 14.7. The van der Waals surface area contributed by atoms with E-state index in [1.54, 1.807) is 0 Å². The third-order valence-electron chi connectivity index (χ3n) is 11.7. The molecular formula is C30H53N. The summed E-state index contributed by atoms with van der Waals surface area (Å²) in [4.78, 5) is 0. The van der Waals surface area contributed by atoms with E-state index in [0.717, 1.165) is 47.8 Å². The summed E-state index contributed by atoms with van der Waals surface area (Å²) in [5, 5.41) is 0. The molecule has 4 saturated carbocycles. The molecule has 1 unspecified atom stereocenters. The molecule has 0 aromatic carbocycles. The normalized spacial score (nSPS) is 48.0. The van der Waals surface area contributed by atoms with Gasteiger partial charge in [0.05, 0.1) is 0 Å². The fourth-order valence-corrected chi connectivity index (χ4v) is 10.1. The topological polar surface area (TPSA) is 26.0 Å². The fourth-order valence-electron chi connectivity index (χ4n) is 10.1. The molecule has 2 N–H and O–H groups in total. The predicted octanol–water partition coefficient (Wildman–Crippen LogP) is 8.24. The first-order valence-electron chi connectivity index (χ1n) is 14.1. The lowest BCUT2D eigenvalue weighted by atomic mass is 9.42. The molecule has 0 radical (unpaired) electrons. The summed E-state index contributed by atoms with van der Waals surface area (Å²) in [7, 11) is 0. The second-order valence-corrected chi connectivity index (χ2v) is 13.5. The average molecular weight is 428 g/mol. The van der Waals surface area contributed by atoms with Gasteiger partial charge in [0.25, 0.3) is 0 Å². The Bertz CT molecular complexity index is 624. The lowest BCUT2D eigenvalue weighted by Crippen LogP contribution is -2.57. The molecule has 0 aromatic rings. The van der Waals surface area contributed by atoms with Crippen LogP contribution in [0.15, 0.2) is 12.7 Å². The molecule has 4 aliphatic carbocycles. The number of hydrogen-bond acceptors (Lipinski definition) is 1. The molecule has 0 heterocycles. The van der Waals surface area contributed by atoms with Crippen LogP contribution in [0.2, 0.25) is 0 Å². The Balaban J connectivity index is 1.49. The Morgan fingerprint density at radius 1 is 0.871 bits per heavy atom. The minimum absolute atomic E-state index is 0.407. The second-order valence-electron chi connectivity index (χ2n) is 13.5. The standard InChI is InChI=1S/C30H53N/c1-7-9-23-26-13-12-22-25-15-14-24(21(4)11-8-10-20(2)3)29(25,5)18-16-27(22)30(26,6)19-17-28(23)31/h7,20-28H,1,8-19,31H2,2-6H3/t21-,22-,23-,24+,25-,26-,27-,28?,29+,30-/m0/s1. The highest BCUT2D eigenvalue weighted by Crippen LogP contribution is 2.69. The molecule has 0 spiro atoms. The van der Waals surface area contributed by atoms with E-state index < -0.39 is 0 Å². The Morgan fingerprint density at radius 3 is 2.26 bits per heavy atom. The molecule has 178 valence electrons. The van der Waals surface area contributed by atoms with Gasteiger partial charge < -0.3 is 5.73 Å². The van der Waals surface area contributed by atoms with Gasteiger partial charge in [-0.3, -0.25) is 0 Å². The van der Waals surface area contributed by atoms with E-state index in [-0.39, 0.29) is 0 Å². The van der Waals surface area contributed by atoms with Crippen molar-refractivity contribution < 1.29 is 0 Å². The molecule has 1 heteroatoms. The van der Waals surface area contributed by atoms with Crippen molar-refractivity contribution in [1.82, 2.24) is 0 Å². The molecule has 1 nitrogen and oxygen atoms in total. The minimum atomic E-state index is 0.407. The van der Waals surface area contributed by atoms with Crippen LogP contribution in [-0.4, -0.2) is 6.04 Å². The third-order valence-corrected chi connectivity index (χ3v) is 11.7. The number of nitrogens with two attached hydrogens (primary N) is 1. The number of fused-ring (bicyclic) bond motifs is 5. The van der Waals surface area contributed by atoms with Crippen LogP contribution >= 0.6 is 0 Å². The summed E-state index contributed by atoms with van der Waals surface area (Å²) in [6.07, 6.45) is 19.2. The number of allylic oxidation sites excluding steroid dienone is 1. The maximum Gasteiger partial charge on any atom is 0.00731 e. The van der Waals surface area contributed by atoms with E-state index >= 15 is 0 Å². The monoisotopic (exact) mass is 427 g/mol. The maximum atomic E-state index is 6.67. The summed E-state index contributed by atoms with van der Waals surface area (Å²) >= 11 is 0. The molecule has 4 fully saturated rings. The zero-order valence-electron chi connectivity index (χ0n) is 21.5. The second kappa shape index (κ2) is 9.15. The Kier molecular flexibility index (Phi) is 7.04. The zero-order chi connectivity index (χ0) is 22.4. The van der Waals surface area contributed by atoms with E-state index in [2.05, 4.69) is 47.3 Å². The lowest BCUT2D eigenvalue weighted by Gasteiger charge is -2.63. The highest BCUT2D eigenvalue weighted by Gasteiger charge is 2.61. The van der Waals surface area contributed by atoms with Gasteiger partial charge in [0, 0.05) is 6.04 Å². The van der Waals surface area contributed by atoms with Crippen molar-refractivity contribution in [2.24, 2.45) is 63.9 Å². The molecule has 0 aromatic heterocycles. The van der Waals surface area contributed by atoms with Gasteiger partial charge in [-0.15, -0.1) is 6.58 Å². The molecular weight excluding hydrogens is 374 g/mol. The van der Waals surface area contributed by atoms with Crippen LogP contribution in [0.5, 0.6) is 0 Å². The van der Waals surface area contributed by atoms with Gasteiger partial charge in [-0.1, -0.05) is 60.0 Å². The Hall–Kier alpha value is -0.300. The van der Waals surface area contributed by atoms with Gasteiger partial charge in [0.2, 0.25) is 0 Å². The third kappa shape index (κ3) is 4.08. The predicted molar refractivity (Wildman–Crippen MR) is 135 cm³/mol. The maximum absolute atomic E-state index is 6.67. The zero-order valence-corrected chi connectivity index (χ0v) is 21.5. The van der Waals surface area contributed by atoms with Gasteiger partial charge in [0.15, 0.2) is 0 Å². The van der Waals surface area contributed by atoms with Crippen molar-refractivity contribution in [3.8, 4) is 0 Å². The van der Waals surface area contributed by atoms with Gasteiger partial charge in [-0.05, 0) is 116 Å². The molecule has 4 aliphatic rings. The minimum Gasteiger partial charge on any atom is -0.327 e. The first-order valence-corrected chi connectivity index (χ1v) is 14.1. The van der Waals surface area contributed by atoms with Gasteiger partial charge in [-0.25, -0.2) is 0 Å². The molecule has 0 saturated heterocycles. The van der Waals surface area contributed by atoms with Crippen molar-refractivity contribution in [3.05, 3.63) is 12.7 Å². The fraction of sp³-hybridized carbons (Fsp3) is 0.933. The molecule has 0 amide bonds. The van der Waals surface area contributed by atoms with Crippen molar-refractivity contribution in [1.29, 1.82) is 0 Å². The largest absolute Gasteiger partial charge is 0.327 e. The first kappa shape index (κ1) is 23.8. The molecule has 0 aliphatic heterocycles. The van der Waals surface area contributed by atoms with Crippen LogP contribution in [0, 0.1) is 58.2 Å². The van der Waals surface area contributed by atoms with Crippen molar-refractivity contribution >= 4 is 0 Å². The van der Waals surface area contributed by atoms with Crippen LogP contribution < -0.4 is 5.73 Å². The SMILES string of the molecule is C=CC[C@@H]1C(N)CC[C@]2(C)[C@H]3CC[C@]4(C)[C@@H]([C@@H](C)CCCC(C)C)CC[C@H]4[C@@H]3CC[C@@H]12. The van der Waals surface area contributed by atoms with E-state index in [0.29, 0.717) is 22.8 Å². The number of rotatable bonds is 7. The van der Waals surface area contributed by atoms with E-state index in [9.17, 15) is 0 Å². The van der Waals surface area contributed by atoms with Crippen molar-refractivity contribution in [3.63, 3.8) is 0 Å². The summed E-state index contributed by atoms with van der Waals surface area (Å²) in [5.74, 6) is 7.22. The Morgan fingerprint density at radius 2 is 1.55 bits per heavy atom. The van der Waals surface area contributed by atoms with Crippen molar-refractivity contribution in [2.45, 2.75) is 118 Å². The quantitative estimate of drug-likeness (QED) is 0.407. The van der Waals surface area contributed by atoms with Gasteiger partial charge in [-0.2, -0.15) is 0 Å². The summed E-state index contributed by atoms with van der Waals surface area (Å²) in [5.41, 5.74) is 7.82. The van der Waals surface area contributed by atoms with Crippen LogP contribution in [0.25, 0.3) is 0 Å². The van der Waals surface area contributed by atoms with Crippen molar-refractivity contribution in [2.75, 3.05) is 0 Å². The van der Waals surface area contributed by atoms with Crippen LogP contribution in [-0.2, 0) is 0 Å². The van der Waals surface area contributed by atoms with Crippen LogP contribution in [0.1, 0.15) is 112 Å². The van der Waals surface area contributed by atoms with Gasteiger partial charge in [0.1, 0.15) is 0 Å². The molecule has 10 atom stereocenters. The highest BCUT2D eigenvalue weighted by atomic mass is 14.7. The summed E-state index contributed by atoms with van der Waals surface area (Å²) < 4.78 is 0. The van der Waals surface area contributed by atoms with E-state index in [4.69, 9.17) is 5.73 Å². The van der Waals surface area contributed by atoms with E-state index in [1.165, 1.54) is 70.6 Å². The van der Waals surface area contributed by atoms with Crippen LogP contribution in [0.3, 0.4) is 0 Å². The average Bonchev–Trinajstić information content (AvgIpc) is 3.07. The van der Waals surface area contributed by atoms with Crippen LogP contribution in [0.4, 0.5) is 0 Å². The summed E-state index contributed by atoms with van der Waals surface area (Å²) in [6, 6.07) is 0.407. The highest BCUT2D eigenvalue weighted by molar-refractivity contribution is 5.11. The summed E-state index contributed by atoms with van der Waals surface area (Å²) in [6.45, 7) is 16.9. The molecule has 31 heavy (non-hydrogen) atoms. The molecule has 0 bridgehead atoms. The van der Waals surface area contributed by atoms with Gasteiger partial charge >= 0.3 is 0 Å². The number of hydrogen-bond donors (Lipinski definition) is 1. The molecule has 4 rings (SSSR count). The smallest absolute Gasteiger partial charge is 0.00731 e. The Labute approximate surface area is 194 Å². The van der Waals surface area contributed by atoms with E-state index in [1.807, 2.05) is 0 Å².